The predicted octanol–water partition coefficient (Wildman–Crippen LogP) is 2.05. The second kappa shape index (κ2) is 12.8. The fraction of sp³-hybridized carbons (Fsp3) is 0.611. The molecule has 0 bridgehead atoms. The number of rotatable bonds is 6. The van der Waals surface area contributed by atoms with Gasteiger partial charge >= 0.3 is 0 Å². The lowest BCUT2D eigenvalue weighted by Crippen LogP contribution is -2.46. The highest BCUT2D eigenvalue weighted by atomic mass is 35.5. The molecule has 1 aromatic rings. The lowest BCUT2D eigenvalue weighted by atomic mass is 10.0. The van der Waals surface area contributed by atoms with E-state index in [0.717, 1.165) is 25.2 Å². The number of carbonyl (C=O) groups excluding carboxylic acids is 1. The SMILES string of the molecule is Cl.Cl.O=C(CC1COCCN1)NCC(c1cccc(Cl)c1)N1CCOCC1. The zero-order chi connectivity index (χ0) is 17.5. The Labute approximate surface area is 178 Å². The fourth-order valence-corrected chi connectivity index (χ4v) is 3.52. The van der Waals surface area contributed by atoms with Gasteiger partial charge in [0.05, 0.1) is 32.5 Å². The maximum absolute atomic E-state index is 12.3. The quantitative estimate of drug-likeness (QED) is 0.709. The molecule has 2 atom stereocenters. The summed E-state index contributed by atoms with van der Waals surface area (Å²) in [6, 6.07) is 8.06. The van der Waals surface area contributed by atoms with E-state index in [1.165, 1.54) is 0 Å². The molecule has 2 aliphatic heterocycles. The van der Waals surface area contributed by atoms with Gasteiger partial charge in [0, 0.05) is 43.7 Å². The number of carbonyl (C=O) groups is 1. The van der Waals surface area contributed by atoms with Gasteiger partial charge in [0.2, 0.25) is 5.91 Å². The van der Waals surface area contributed by atoms with Gasteiger partial charge in [-0.25, -0.2) is 0 Å². The summed E-state index contributed by atoms with van der Waals surface area (Å²) in [6.45, 7) is 5.81. The number of hydrogen-bond acceptors (Lipinski definition) is 5. The van der Waals surface area contributed by atoms with Gasteiger partial charge in [-0.1, -0.05) is 23.7 Å². The van der Waals surface area contributed by atoms with E-state index < -0.39 is 0 Å². The largest absolute Gasteiger partial charge is 0.379 e. The van der Waals surface area contributed by atoms with Crippen molar-refractivity contribution in [2.75, 3.05) is 52.6 Å². The molecule has 1 amide bonds. The molecule has 3 rings (SSSR count). The number of benzene rings is 1. The lowest BCUT2D eigenvalue weighted by Gasteiger charge is -2.35. The van der Waals surface area contributed by atoms with Gasteiger partial charge in [-0.05, 0) is 17.7 Å². The van der Waals surface area contributed by atoms with E-state index in [0.29, 0.717) is 44.4 Å². The topological polar surface area (TPSA) is 62.8 Å². The van der Waals surface area contributed by atoms with Crippen LogP contribution >= 0.6 is 36.4 Å². The fourth-order valence-electron chi connectivity index (χ4n) is 3.32. The molecule has 6 nitrogen and oxygen atoms in total. The minimum Gasteiger partial charge on any atom is -0.379 e. The Hall–Kier alpha value is -0.600. The second-order valence-electron chi connectivity index (χ2n) is 6.45. The molecule has 0 spiro atoms. The molecule has 0 saturated carbocycles. The molecular weight excluding hydrogens is 413 g/mol. The van der Waals surface area contributed by atoms with E-state index >= 15 is 0 Å². The van der Waals surface area contributed by atoms with Crippen LogP contribution < -0.4 is 10.6 Å². The molecule has 0 aliphatic carbocycles. The average molecular weight is 441 g/mol. The molecule has 9 heteroatoms. The molecule has 27 heavy (non-hydrogen) atoms. The summed E-state index contributed by atoms with van der Waals surface area (Å²) in [5, 5.41) is 7.11. The summed E-state index contributed by atoms with van der Waals surface area (Å²) in [4.78, 5) is 14.7. The zero-order valence-corrected chi connectivity index (χ0v) is 17.6. The Balaban J connectivity index is 0.00000182. The van der Waals surface area contributed by atoms with Crippen LogP contribution in [0.1, 0.15) is 18.0 Å². The number of halogens is 3. The molecule has 2 saturated heterocycles. The van der Waals surface area contributed by atoms with Gasteiger partial charge in [0.1, 0.15) is 0 Å². The Morgan fingerprint density at radius 1 is 1.26 bits per heavy atom. The maximum atomic E-state index is 12.3. The van der Waals surface area contributed by atoms with Crippen LogP contribution in [0.3, 0.4) is 0 Å². The van der Waals surface area contributed by atoms with Gasteiger partial charge in [0.15, 0.2) is 0 Å². The number of nitrogens with zero attached hydrogens (tertiary/aromatic N) is 1. The Bertz CT molecular complexity index is 568. The summed E-state index contributed by atoms with van der Waals surface area (Å²) in [5.74, 6) is 0.0447. The van der Waals surface area contributed by atoms with Crippen molar-refractivity contribution in [3.8, 4) is 0 Å². The molecule has 2 unspecified atom stereocenters. The summed E-state index contributed by atoms with van der Waals surface area (Å²) in [5.41, 5.74) is 1.12. The smallest absolute Gasteiger partial charge is 0.221 e. The number of ether oxygens (including phenoxy) is 2. The Morgan fingerprint density at radius 2 is 2.04 bits per heavy atom. The van der Waals surface area contributed by atoms with Crippen LogP contribution in [0.2, 0.25) is 5.02 Å². The van der Waals surface area contributed by atoms with E-state index in [4.69, 9.17) is 21.1 Å². The Morgan fingerprint density at radius 3 is 2.70 bits per heavy atom. The Kier molecular flexibility index (Phi) is 11.6. The lowest BCUT2D eigenvalue weighted by molar-refractivity contribution is -0.122. The van der Waals surface area contributed by atoms with Crippen LogP contribution in [0.15, 0.2) is 24.3 Å². The van der Waals surface area contributed by atoms with Crippen molar-refractivity contribution in [3.05, 3.63) is 34.9 Å². The molecule has 154 valence electrons. The zero-order valence-electron chi connectivity index (χ0n) is 15.2. The standard InChI is InChI=1S/C18H26ClN3O3.2ClH/c19-15-3-1-2-14(10-15)17(22-5-8-24-9-6-22)12-21-18(23)11-16-13-25-7-4-20-16;;/h1-3,10,16-17,20H,4-9,11-13H2,(H,21,23);2*1H. The molecule has 2 N–H and O–H groups in total. The highest BCUT2D eigenvalue weighted by Gasteiger charge is 2.24. The maximum Gasteiger partial charge on any atom is 0.221 e. The van der Waals surface area contributed by atoms with Gasteiger partial charge in [-0.3, -0.25) is 9.69 Å². The number of nitrogens with one attached hydrogen (secondary N) is 2. The minimum atomic E-state index is 0. The van der Waals surface area contributed by atoms with Crippen LogP contribution in [0.5, 0.6) is 0 Å². The molecule has 2 fully saturated rings. The third-order valence-electron chi connectivity index (χ3n) is 4.64. The highest BCUT2D eigenvalue weighted by Crippen LogP contribution is 2.24. The second-order valence-corrected chi connectivity index (χ2v) is 6.89. The highest BCUT2D eigenvalue weighted by molar-refractivity contribution is 6.30. The van der Waals surface area contributed by atoms with Gasteiger partial charge in [-0.15, -0.1) is 24.8 Å². The first-order chi connectivity index (χ1) is 12.2. The number of hydrogen-bond donors (Lipinski definition) is 2. The monoisotopic (exact) mass is 439 g/mol. The van der Waals surface area contributed by atoms with E-state index in [1.807, 2.05) is 18.2 Å². The van der Waals surface area contributed by atoms with Crippen molar-refractivity contribution in [2.45, 2.75) is 18.5 Å². The van der Waals surface area contributed by atoms with Crippen molar-refractivity contribution in [2.24, 2.45) is 0 Å². The average Bonchev–Trinajstić information content (AvgIpc) is 2.64. The van der Waals surface area contributed by atoms with E-state index in [9.17, 15) is 4.79 Å². The first-order valence-corrected chi connectivity index (χ1v) is 9.25. The third kappa shape index (κ3) is 7.74. The van der Waals surface area contributed by atoms with Crippen LogP contribution in [0.25, 0.3) is 0 Å². The van der Waals surface area contributed by atoms with E-state index in [-0.39, 0.29) is 42.8 Å². The van der Waals surface area contributed by atoms with Crippen LogP contribution in [-0.2, 0) is 14.3 Å². The van der Waals surface area contributed by atoms with Crippen molar-refractivity contribution in [1.82, 2.24) is 15.5 Å². The predicted molar refractivity (Wildman–Crippen MR) is 111 cm³/mol. The first kappa shape index (κ1) is 24.4. The van der Waals surface area contributed by atoms with Crippen molar-refractivity contribution in [1.29, 1.82) is 0 Å². The van der Waals surface area contributed by atoms with Crippen LogP contribution in [0, 0.1) is 0 Å². The number of amides is 1. The molecule has 1 aromatic carbocycles. The van der Waals surface area contributed by atoms with Gasteiger partial charge < -0.3 is 20.1 Å². The molecule has 0 aromatic heterocycles. The first-order valence-electron chi connectivity index (χ1n) is 8.87. The summed E-state index contributed by atoms with van der Waals surface area (Å²) in [7, 11) is 0. The van der Waals surface area contributed by atoms with Crippen molar-refractivity contribution in [3.63, 3.8) is 0 Å². The summed E-state index contributed by atoms with van der Waals surface area (Å²) >= 11 is 6.17. The molecule has 2 heterocycles. The van der Waals surface area contributed by atoms with Crippen molar-refractivity contribution >= 4 is 42.3 Å². The van der Waals surface area contributed by atoms with E-state index in [1.54, 1.807) is 0 Å². The van der Waals surface area contributed by atoms with Crippen LogP contribution in [-0.4, -0.2) is 69.5 Å². The van der Waals surface area contributed by atoms with Crippen molar-refractivity contribution < 1.29 is 14.3 Å². The molecule has 0 radical (unpaired) electrons. The third-order valence-corrected chi connectivity index (χ3v) is 4.88. The van der Waals surface area contributed by atoms with Gasteiger partial charge in [-0.2, -0.15) is 0 Å². The number of morpholine rings is 2. The minimum absolute atomic E-state index is 0. The van der Waals surface area contributed by atoms with Crippen LogP contribution in [0.4, 0.5) is 0 Å². The molecular formula is C18H28Cl3N3O3. The summed E-state index contributed by atoms with van der Waals surface area (Å²) in [6.07, 6.45) is 0.436. The summed E-state index contributed by atoms with van der Waals surface area (Å²) < 4.78 is 10.9. The normalized spacial score (nSPS) is 21.4. The molecule has 2 aliphatic rings. The van der Waals surface area contributed by atoms with E-state index in [2.05, 4.69) is 21.6 Å². The van der Waals surface area contributed by atoms with Gasteiger partial charge in [0.25, 0.3) is 0 Å².